The lowest BCUT2D eigenvalue weighted by Gasteiger charge is -2.33. The summed E-state index contributed by atoms with van der Waals surface area (Å²) in [5, 5.41) is 0. The summed E-state index contributed by atoms with van der Waals surface area (Å²) in [4.78, 5) is 34.6. The van der Waals surface area contributed by atoms with E-state index in [0.717, 1.165) is 44.0 Å². The van der Waals surface area contributed by atoms with Gasteiger partial charge in [0.1, 0.15) is 0 Å². The lowest BCUT2D eigenvalue weighted by Crippen LogP contribution is -2.39. The zero-order valence-electron chi connectivity index (χ0n) is 22.6. The lowest BCUT2D eigenvalue weighted by atomic mass is 9.88. The maximum atomic E-state index is 12.6. The molecule has 1 saturated heterocycles. The number of nitrogens with zero attached hydrogens (tertiary/aromatic N) is 1. The van der Waals surface area contributed by atoms with E-state index in [9.17, 15) is 9.59 Å². The normalized spacial score (nSPS) is 17.5. The number of carbonyl (C=O) groups excluding carboxylic acids is 3. The summed E-state index contributed by atoms with van der Waals surface area (Å²) in [7, 11) is 0. The minimum Gasteiger partial charge on any atom is -0.378 e. The van der Waals surface area contributed by atoms with Gasteiger partial charge in [-0.15, -0.1) is 0 Å². The Labute approximate surface area is 213 Å². The summed E-state index contributed by atoms with van der Waals surface area (Å²) in [6.07, 6.45) is 9.30. The van der Waals surface area contributed by atoms with Crippen molar-refractivity contribution < 1.29 is 19.1 Å². The zero-order chi connectivity index (χ0) is 26.2. The molecular formula is C29H48N2O4. The number of likely N-dealkylation sites (tertiary alicyclic amines) is 1. The number of hydrogen-bond acceptors (Lipinski definition) is 4. The maximum Gasteiger partial charge on any atom is 0.225 e. The Morgan fingerprint density at radius 3 is 2.00 bits per heavy atom. The average Bonchev–Trinajstić information content (AvgIpc) is 2.84. The quantitative estimate of drug-likeness (QED) is 0.392. The summed E-state index contributed by atoms with van der Waals surface area (Å²) >= 11 is 0. The van der Waals surface area contributed by atoms with Crippen molar-refractivity contribution in [2.24, 2.45) is 17.6 Å². The molecule has 2 fully saturated rings. The van der Waals surface area contributed by atoms with Crippen molar-refractivity contribution in [3.8, 4) is 0 Å². The molecule has 0 spiro atoms. The van der Waals surface area contributed by atoms with Gasteiger partial charge in [-0.25, -0.2) is 0 Å². The van der Waals surface area contributed by atoms with Gasteiger partial charge in [-0.3, -0.25) is 14.4 Å². The van der Waals surface area contributed by atoms with Gasteiger partial charge in [-0.2, -0.15) is 0 Å². The highest BCUT2D eigenvalue weighted by molar-refractivity contribution is 5.94. The van der Waals surface area contributed by atoms with Crippen molar-refractivity contribution in [2.45, 2.75) is 98.0 Å². The van der Waals surface area contributed by atoms with E-state index >= 15 is 0 Å². The molecule has 2 N–H and O–H groups in total. The van der Waals surface area contributed by atoms with Crippen LogP contribution in [0.3, 0.4) is 0 Å². The van der Waals surface area contributed by atoms with Crippen LogP contribution in [0.15, 0.2) is 24.3 Å². The van der Waals surface area contributed by atoms with Crippen LogP contribution < -0.4 is 5.73 Å². The number of amides is 2. The molecular weight excluding hydrogens is 440 g/mol. The second-order valence-corrected chi connectivity index (χ2v) is 10.6. The molecule has 6 nitrogen and oxygen atoms in total. The number of ether oxygens (including phenoxy) is 1. The minimum atomic E-state index is 0.00581. The molecule has 1 saturated carbocycles. The Kier molecular flexibility index (Phi) is 15.2. The molecule has 1 aliphatic heterocycles. The molecule has 6 heteroatoms. The highest BCUT2D eigenvalue weighted by atomic mass is 16.5. The third kappa shape index (κ3) is 12.9. The van der Waals surface area contributed by atoms with Gasteiger partial charge in [-0.1, -0.05) is 64.3 Å². The molecule has 2 aliphatic rings. The van der Waals surface area contributed by atoms with Gasteiger partial charge in [-0.05, 0) is 62.8 Å². The van der Waals surface area contributed by atoms with Crippen molar-refractivity contribution in [1.82, 2.24) is 4.90 Å². The molecule has 1 atom stereocenters. The number of primary amides is 1. The number of nitrogens with two attached hydrogens (primary N) is 1. The molecule has 0 bridgehead atoms. The van der Waals surface area contributed by atoms with Gasteiger partial charge in [0, 0.05) is 25.3 Å². The van der Waals surface area contributed by atoms with E-state index in [1.165, 1.54) is 37.7 Å². The van der Waals surface area contributed by atoms with Gasteiger partial charge < -0.3 is 15.4 Å². The number of carbonyl (C=O) groups is 3. The molecule has 1 aliphatic carbocycles. The van der Waals surface area contributed by atoms with Crippen molar-refractivity contribution in [1.29, 1.82) is 0 Å². The Bertz CT molecular complexity index is 731. The fraction of sp³-hybridized carbons (Fsp3) is 0.690. The average molecular weight is 489 g/mol. The molecule has 3 rings (SSSR count). The Balaban J connectivity index is 0.000000778. The minimum absolute atomic E-state index is 0.00581. The molecule has 1 unspecified atom stereocenters. The summed E-state index contributed by atoms with van der Waals surface area (Å²) < 4.78 is 5.99. The third-order valence-corrected chi connectivity index (χ3v) is 6.44. The standard InChI is InChI=1S/C24H35NO3.C4H10.CH3NO/c1-18(28-17-20-6-4-3-5-7-20)16-24(27)25-14-12-23(13-15-25)22-10-8-21(9-11-22)19(2)26;1-4(2)3;2-1-3/h8-11,18,20,23H,3-7,12-17H2,1-2H3;4H,1-3H3;1H,(H2,2,3). The van der Waals surface area contributed by atoms with Gasteiger partial charge in [0.2, 0.25) is 12.3 Å². The van der Waals surface area contributed by atoms with Crippen molar-refractivity contribution in [3.63, 3.8) is 0 Å². The first kappa shape index (κ1) is 30.8. The van der Waals surface area contributed by atoms with E-state index in [-0.39, 0.29) is 24.2 Å². The van der Waals surface area contributed by atoms with Crippen LogP contribution in [0.25, 0.3) is 0 Å². The molecule has 1 aromatic rings. The number of rotatable bonds is 7. The number of hydrogen-bond donors (Lipinski definition) is 1. The second kappa shape index (κ2) is 17.3. The van der Waals surface area contributed by atoms with Crippen LogP contribution in [-0.4, -0.2) is 48.8 Å². The predicted molar refractivity (Wildman–Crippen MR) is 142 cm³/mol. The first-order valence-electron chi connectivity index (χ1n) is 13.3. The molecule has 0 radical (unpaired) electrons. The SMILES string of the molecule is CC(=O)c1ccc(C2CCN(C(=O)CC(C)OCC3CCCCC3)CC2)cc1.CC(C)C.NC=O. The van der Waals surface area contributed by atoms with Crippen molar-refractivity contribution in [3.05, 3.63) is 35.4 Å². The first-order chi connectivity index (χ1) is 16.7. The highest BCUT2D eigenvalue weighted by Gasteiger charge is 2.25. The lowest BCUT2D eigenvalue weighted by molar-refractivity contribution is -0.135. The number of Topliss-reactive ketones (excluding diaryl/α,β-unsaturated/α-hetero) is 1. The van der Waals surface area contributed by atoms with Crippen LogP contribution >= 0.6 is 0 Å². The number of piperidine rings is 1. The molecule has 2 amide bonds. The molecule has 0 aromatic heterocycles. The van der Waals surface area contributed by atoms with E-state index in [4.69, 9.17) is 9.53 Å². The van der Waals surface area contributed by atoms with Crippen LogP contribution in [0.2, 0.25) is 0 Å². The van der Waals surface area contributed by atoms with Crippen LogP contribution in [-0.2, 0) is 14.3 Å². The van der Waals surface area contributed by atoms with Gasteiger partial charge in [0.05, 0.1) is 12.5 Å². The second-order valence-electron chi connectivity index (χ2n) is 10.6. The van der Waals surface area contributed by atoms with Crippen molar-refractivity contribution in [2.75, 3.05) is 19.7 Å². The fourth-order valence-corrected chi connectivity index (χ4v) is 4.54. The molecule has 35 heavy (non-hydrogen) atoms. The molecule has 1 heterocycles. The summed E-state index contributed by atoms with van der Waals surface area (Å²) in [5.74, 6) is 2.33. The largest absolute Gasteiger partial charge is 0.378 e. The van der Waals surface area contributed by atoms with Gasteiger partial charge in [0.25, 0.3) is 0 Å². The first-order valence-corrected chi connectivity index (χ1v) is 13.3. The van der Waals surface area contributed by atoms with Gasteiger partial charge in [0.15, 0.2) is 5.78 Å². The van der Waals surface area contributed by atoms with Crippen molar-refractivity contribution >= 4 is 18.1 Å². The van der Waals surface area contributed by atoms with Crippen LogP contribution in [0.4, 0.5) is 0 Å². The third-order valence-electron chi connectivity index (χ3n) is 6.44. The monoisotopic (exact) mass is 488 g/mol. The highest BCUT2D eigenvalue weighted by Crippen LogP contribution is 2.29. The van der Waals surface area contributed by atoms with Crippen LogP contribution in [0.1, 0.15) is 108 Å². The fourth-order valence-electron chi connectivity index (χ4n) is 4.54. The van der Waals surface area contributed by atoms with E-state index in [1.54, 1.807) is 6.92 Å². The van der Waals surface area contributed by atoms with E-state index in [0.29, 0.717) is 18.3 Å². The maximum absolute atomic E-state index is 12.6. The summed E-state index contributed by atoms with van der Waals surface area (Å²) in [6.45, 7) is 12.6. The molecule has 1 aromatic carbocycles. The van der Waals surface area contributed by atoms with E-state index < -0.39 is 0 Å². The zero-order valence-corrected chi connectivity index (χ0v) is 22.6. The van der Waals surface area contributed by atoms with E-state index in [2.05, 4.69) is 38.6 Å². The smallest absolute Gasteiger partial charge is 0.225 e. The molecule has 198 valence electrons. The predicted octanol–water partition coefficient (Wildman–Crippen LogP) is 5.73. The number of ketones is 1. The summed E-state index contributed by atoms with van der Waals surface area (Å²) in [5.41, 5.74) is 6.21. The van der Waals surface area contributed by atoms with Crippen LogP contribution in [0.5, 0.6) is 0 Å². The Hall–Kier alpha value is -2.21. The van der Waals surface area contributed by atoms with E-state index in [1.807, 2.05) is 24.0 Å². The Morgan fingerprint density at radius 2 is 1.51 bits per heavy atom. The van der Waals surface area contributed by atoms with Gasteiger partial charge >= 0.3 is 0 Å². The topological polar surface area (TPSA) is 89.7 Å². The Morgan fingerprint density at radius 1 is 1.00 bits per heavy atom. The van der Waals surface area contributed by atoms with Crippen LogP contribution in [0, 0.1) is 11.8 Å². The summed E-state index contributed by atoms with van der Waals surface area (Å²) in [6, 6.07) is 7.97. The number of benzene rings is 1.